The molecule has 0 unspecified atom stereocenters. The topological polar surface area (TPSA) is 37.0 Å². The van der Waals surface area contributed by atoms with Crippen molar-refractivity contribution in [2.24, 2.45) is 0 Å². The smallest absolute Gasteiger partial charge is 0.143 e. The number of benzene rings is 9. The van der Waals surface area contributed by atoms with Crippen molar-refractivity contribution in [1.29, 1.82) is 5.41 Å². The van der Waals surface area contributed by atoms with Crippen LogP contribution in [0.3, 0.4) is 0 Å². The fourth-order valence-electron chi connectivity index (χ4n) is 8.33. The van der Waals surface area contributed by atoms with E-state index in [-0.39, 0.29) is 0 Å². The highest BCUT2D eigenvalue weighted by Gasteiger charge is 2.17. The first kappa shape index (κ1) is 30.8. The Labute approximate surface area is 306 Å². The third-order valence-corrected chi connectivity index (χ3v) is 10.8. The van der Waals surface area contributed by atoms with E-state index in [9.17, 15) is 0 Å². The van der Waals surface area contributed by atoms with Crippen LogP contribution in [0, 0.1) is 5.41 Å². The third kappa shape index (κ3) is 4.92. The summed E-state index contributed by atoms with van der Waals surface area (Å²) in [6.45, 7) is 4.65. The maximum atomic E-state index is 8.15. The van der Waals surface area contributed by atoms with Crippen LogP contribution in [0.4, 0.5) is 0 Å². The van der Waals surface area contributed by atoms with Gasteiger partial charge in [0.05, 0.1) is 0 Å². The van der Waals surface area contributed by atoms with Crippen molar-refractivity contribution in [3.8, 4) is 44.5 Å². The minimum absolute atomic E-state index is 0.902. The number of para-hydroxylation sites is 2. The SMILES string of the molecule is C=c1c(-c2ccc3ccccc3c2)c2ccccc2c(-c2ccc(-c3ccc(-c4cccc5c4oc4ccccc45)c4ccccc34)cc2)/c1=C/C=N. The van der Waals surface area contributed by atoms with E-state index in [0.29, 0.717) is 0 Å². The molecule has 0 aliphatic heterocycles. The Morgan fingerprint density at radius 1 is 0.434 bits per heavy atom. The molecule has 2 heteroatoms. The van der Waals surface area contributed by atoms with Gasteiger partial charge in [-0.25, -0.2) is 0 Å². The highest BCUT2D eigenvalue weighted by molar-refractivity contribution is 6.14. The average molecular weight is 676 g/mol. The van der Waals surface area contributed by atoms with Crippen LogP contribution in [-0.4, -0.2) is 6.21 Å². The summed E-state index contributed by atoms with van der Waals surface area (Å²) >= 11 is 0. The van der Waals surface area contributed by atoms with Gasteiger partial charge < -0.3 is 9.83 Å². The summed E-state index contributed by atoms with van der Waals surface area (Å²) in [4.78, 5) is 0. The van der Waals surface area contributed by atoms with Gasteiger partial charge in [0.15, 0.2) is 0 Å². The predicted molar refractivity (Wildman–Crippen MR) is 226 cm³/mol. The molecule has 0 aliphatic carbocycles. The van der Waals surface area contributed by atoms with Gasteiger partial charge in [0, 0.05) is 22.6 Å². The molecule has 248 valence electrons. The zero-order chi connectivity index (χ0) is 35.5. The van der Waals surface area contributed by atoms with E-state index < -0.39 is 0 Å². The van der Waals surface area contributed by atoms with E-state index in [4.69, 9.17) is 9.83 Å². The van der Waals surface area contributed by atoms with Gasteiger partial charge in [-0.15, -0.1) is 0 Å². The summed E-state index contributed by atoms with van der Waals surface area (Å²) in [5.74, 6) is 0. The van der Waals surface area contributed by atoms with Crippen LogP contribution in [0.15, 0.2) is 174 Å². The lowest BCUT2D eigenvalue weighted by molar-refractivity contribution is 0.670. The molecule has 0 atom stereocenters. The fraction of sp³-hybridized carbons (Fsp3) is 0. The zero-order valence-electron chi connectivity index (χ0n) is 28.9. The molecule has 10 rings (SSSR count). The van der Waals surface area contributed by atoms with Gasteiger partial charge >= 0.3 is 0 Å². The first-order valence-corrected chi connectivity index (χ1v) is 17.9. The molecule has 0 saturated carbocycles. The summed E-state index contributed by atoms with van der Waals surface area (Å²) < 4.78 is 6.45. The Morgan fingerprint density at radius 3 is 1.79 bits per heavy atom. The molecule has 0 bridgehead atoms. The molecule has 0 radical (unpaired) electrons. The number of hydrogen-bond acceptors (Lipinski definition) is 2. The molecule has 1 N–H and O–H groups in total. The van der Waals surface area contributed by atoms with E-state index in [1.54, 1.807) is 0 Å². The van der Waals surface area contributed by atoms with E-state index in [0.717, 1.165) is 82.1 Å². The van der Waals surface area contributed by atoms with Crippen molar-refractivity contribution in [3.05, 3.63) is 180 Å². The maximum Gasteiger partial charge on any atom is 0.143 e. The average Bonchev–Trinajstić information content (AvgIpc) is 3.60. The van der Waals surface area contributed by atoms with E-state index >= 15 is 0 Å². The van der Waals surface area contributed by atoms with Crippen molar-refractivity contribution in [2.75, 3.05) is 0 Å². The van der Waals surface area contributed by atoms with Crippen molar-refractivity contribution >= 4 is 73.1 Å². The van der Waals surface area contributed by atoms with Gasteiger partial charge in [0.1, 0.15) is 11.2 Å². The van der Waals surface area contributed by atoms with Gasteiger partial charge in [-0.05, 0) is 99.9 Å². The minimum atomic E-state index is 0.902. The number of rotatable bonds is 5. The zero-order valence-corrected chi connectivity index (χ0v) is 28.9. The first-order valence-electron chi connectivity index (χ1n) is 17.9. The molecule has 0 spiro atoms. The molecule has 2 nitrogen and oxygen atoms in total. The van der Waals surface area contributed by atoms with E-state index in [1.165, 1.54) is 33.3 Å². The monoisotopic (exact) mass is 675 g/mol. The summed E-state index contributed by atoms with van der Waals surface area (Å²) in [6, 6.07) is 60.3. The fourth-order valence-corrected chi connectivity index (χ4v) is 8.33. The third-order valence-electron chi connectivity index (χ3n) is 10.8. The molecule has 9 aromatic carbocycles. The van der Waals surface area contributed by atoms with Gasteiger partial charge in [-0.1, -0.05) is 164 Å². The Hall–Kier alpha value is -7.03. The summed E-state index contributed by atoms with van der Waals surface area (Å²) in [5, 5.41) is 19.3. The maximum absolute atomic E-state index is 8.15. The van der Waals surface area contributed by atoms with Crippen LogP contribution >= 0.6 is 0 Å². The Bertz CT molecular complexity index is 3200. The molecular weight excluding hydrogens is 643 g/mol. The molecule has 1 heterocycles. The molecule has 0 saturated heterocycles. The lowest BCUT2D eigenvalue weighted by atomic mass is 9.87. The highest BCUT2D eigenvalue weighted by atomic mass is 16.3. The second kappa shape index (κ2) is 12.3. The van der Waals surface area contributed by atoms with Crippen LogP contribution in [0.2, 0.25) is 0 Å². The molecule has 0 fully saturated rings. The Morgan fingerprint density at radius 2 is 1.02 bits per heavy atom. The Balaban J connectivity index is 1.12. The lowest BCUT2D eigenvalue weighted by Crippen LogP contribution is -2.28. The number of fused-ring (bicyclic) bond motifs is 6. The van der Waals surface area contributed by atoms with Crippen molar-refractivity contribution < 1.29 is 4.42 Å². The van der Waals surface area contributed by atoms with E-state index in [1.807, 2.05) is 18.2 Å². The normalized spacial score (nSPS) is 12.0. The summed E-state index contributed by atoms with van der Waals surface area (Å²) in [6.07, 6.45) is 3.26. The van der Waals surface area contributed by atoms with Gasteiger partial charge in [0.2, 0.25) is 0 Å². The van der Waals surface area contributed by atoms with Crippen LogP contribution < -0.4 is 10.4 Å². The van der Waals surface area contributed by atoms with Crippen LogP contribution in [0.1, 0.15) is 0 Å². The molecule has 1 aromatic heterocycles. The minimum Gasteiger partial charge on any atom is -0.455 e. The van der Waals surface area contributed by atoms with Gasteiger partial charge in [-0.2, -0.15) is 0 Å². The van der Waals surface area contributed by atoms with Crippen molar-refractivity contribution in [2.45, 2.75) is 0 Å². The number of nitrogens with one attached hydrogen (secondary N) is 1. The molecule has 53 heavy (non-hydrogen) atoms. The molecular formula is C51H33NO. The van der Waals surface area contributed by atoms with Gasteiger partial charge in [-0.3, -0.25) is 0 Å². The second-order valence-corrected chi connectivity index (χ2v) is 13.6. The number of hydrogen-bond donors (Lipinski definition) is 1. The molecule has 0 amide bonds. The number of furan rings is 1. The largest absolute Gasteiger partial charge is 0.455 e. The lowest BCUT2D eigenvalue weighted by Gasteiger charge is -2.16. The predicted octanol–water partition coefficient (Wildman–Crippen LogP) is 12.6. The molecule has 0 aliphatic rings. The standard InChI is InChI=1S/C51H33NO/c1-32-38(29-30-52)50(45-17-7-6-16-44(45)49(32)37-26-21-33-11-2-3-12-36(33)31-37)35-24-22-34(23-25-35)39-27-28-42(41-14-5-4-13-40(39)41)46-18-10-19-47-43-15-8-9-20-48(43)53-51(46)47/h2-31,52H,1H2/b38-29+,52-30?. The van der Waals surface area contributed by atoms with Crippen LogP contribution in [0.5, 0.6) is 0 Å². The second-order valence-electron chi connectivity index (χ2n) is 13.6. The first-order chi connectivity index (χ1) is 26.2. The van der Waals surface area contributed by atoms with Crippen molar-refractivity contribution in [1.82, 2.24) is 0 Å². The van der Waals surface area contributed by atoms with Crippen LogP contribution in [-0.2, 0) is 0 Å². The van der Waals surface area contributed by atoms with Crippen LogP contribution in [0.25, 0.3) is 111 Å². The quantitative estimate of drug-likeness (QED) is 0.181. The van der Waals surface area contributed by atoms with E-state index in [2.05, 4.69) is 164 Å². The molecule has 10 aromatic rings. The van der Waals surface area contributed by atoms with Gasteiger partial charge in [0.25, 0.3) is 0 Å². The Kier molecular flexibility index (Phi) is 7.16. The summed E-state index contributed by atoms with van der Waals surface area (Å²) in [5.41, 5.74) is 10.8. The van der Waals surface area contributed by atoms with Crippen molar-refractivity contribution in [3.63, 3.8) is 0 Å². The summed E-state index contributed by atoms with van der Waals surface area (Å²) in [7, 11) is 0. The highest BCUT2D eigenvalue weighted by Crippen LogP contribution is 2.41.